The van der Waals surface area contributed by atoms with Crippen molar-refractivity contribution in [3.05, 3.63) is 75.8 Å². The maximum Gasteiger partial charge on any atom is 0.294 e. The van der Waals surface area contributed by atoms with E-state index in [1.807, 2.05) is 0 Å². The molecule has 2 aromatic carbocycles. The fraction of sp³-hybridized carbons (Fsp3) is 0.0526. The van der Waals surface area contributed by atoms with Gasteiger partial charge >= 0.3 is 0 Å². The summed E-state index contributed by atoms with van der Waals surface area (Å²) in [6.45, 7) is 0. The molecule has 2 aromatic rings. The van der Waals surface area contributed by atoms with Crippen molar-refractivity contribution in [2.24, 2.45) is 0 Å². The number of nitrogens with one attached hydrogen (secondary N) is 1. The van der Waals surface area contributed by atoms with E-state index in [0.29, 0.717) is 27.5 Å². The largest absolute Gasteiger partial charge is 0.321 e. The van der Waals surface area contributed by atoms with Crippen LogP contribution < -0.4 is 5.32 Å². The molecule has 2 aliphatic rings. The Morgan fingerprint density at radius 3 is 2.07 bits per heavy atom. The van der Waals surface area contributed by atoms with Crippen LogP contribution in [0.4, 0.5) is 0 Å². The van der Waals surface area contributed by atoms with Crippen LogP contribution in [-0.4, -0.2) is 36.7 Å². The van der Waals surface area contributed by atoms with E-state index in [9.17, 15) is 18.0 Å². The highest BCUT2D eigenvalue weighted by Gasteiger charge is 2.43. The van der Waals surface area contributed by atoms with E-state index >= 15 is 0 Å². The molecular weight excluding hydrogens is 404 g/mol. The number of hydrogen-bond donors (Lipinski definition) is 2. The number of nitrogens with zero attached hydrogens (tertiary/aromatic N) is 1. The Balaban J connectivity index is 1.88. The Kier molecular flexibility index (Phi) is 4.15. The van der Waals surface area contributed by atoms with Gasteiger partial charge in [0.2, 0.25) is 0 Å². The van der Waals surface area contributed by atoms with Crippen molar-refractivity contribution >= 4 is 44.9 Å². The predicted molar refractivity (Wildman–Crippen MR) is 102 cm³/mol. The smallest absolute Gasteiger partial charge is 0.294 e. The first kappa shape index (κ1) is 18.4. The fourth-order valence-electron chi connectivity index (χ4n) is 3.31. The topological polar surface area (TPSA) is 104 Å². The summed E-state index contributed by atoms with van der Waals surface area (Å²) in [6.07, 6.45) is 0. The van der Waals surface area contributed by atoms with Crippen LogP contribution in [0.1, 0.15) is 11.1 Å². The third-order valence-corrected chi connectivity index (χ3v) is 5.73. The van der Waals surface area contributed by atoms with Gasteiger partial charge in [0, 0.05) is 12.1 Å². The van der Waals surface area contributed by atoms with Gasteiger partial charge in [-0.3, -0.25) is 14.1 Å². The van der Waals surface area contributed by atoms with Crippen LogP contribution in [0, 0.1) is 0 Å². The molecule has 142 valence electrons. The standard InChI is InChI=1S/C19H13ClN2O5S/c1-22-17(11-2-6-12(20)7-3-11)15-14(19(22)24)16(21-18(15)23)10-4-8-13(9-5-10)28(25,26)27/h2-9H,1H3,(H,21,23)(H,25,26,27). The molecule has 0 atom stereocenters. The van der Waals surface area contributed by atoms with Crippen molar-refractivity contribution in [3.63, 3.8) is 0 Å². The number of fused-ring (bicyclic) bond motifs is 1. The van der Waals surface area contributed by atoms with E-state index < -0.39 is 16.0 Å². The Labute approximate surface area is 165 Å². The minimum atomic E-state index is -4.34. The number of carbonyl (C=O) groups excluding carboxylic acids is 2. The summed E-state index contributed by atoms with van der Waals surface area (Å²) in [5, 5.41) is 3.22. The number of hydrogen-bond acceptors (Lipinski definition) is 4. The average Bonchev–Trinajstić information content (AvgIpc) is 3.11. The van der Waals surface area contributed by atoms with Gasteiger partial charge in [-0.15, -0.1) is 0 Å². The predicted octanol–water partition coefficient (Wildman–Crippen LogP) is 2.31. The van der Waals surface area contributed by atoms with E-state index in [1.54, 1.807) is 31.3 Å². The van der Waals surface area contributed by atoms with Crippen molar-refractivity contribution in [1.82, 2.24) is 10.2 Å². The number of benzene rings is 2. The first-order valence-corrected chi connectivity index (χ1v) is 9.92. The lowest BCUT2D eigenvalue weighted by Crippen LogP contribution is -2.23. The molecule has 0 unspecified atom stereocenters. The number of carbonyl (C=O) groups is 2. The van der Waals surface area contributed by atoms with Crippen LogP contribution in [-0.2, 0) is 19.7 Å². The Bertz CT molecular complexity index is 1200. The zero-order valence-corrected chi connectivity index (χ0v) is 16.0. The molecule has 2 heterocycles. The third-order valence-electron chi connectivity index (χ3n) is 4.61. The van der Waals surface area contributed by atoms with Crippen LogP contribution in [0.3, 0.4) is 0 Å². The molecular formula is C19H13ClN2O5S. The second-order valence-corrected chi connectivity index (χ2v) is 8.16. The highest BCUT2D eigenvalue weighted by Crippen LogP contribution is 2.41. The number of amides is 2. The molecule has 28 heavy (non-hydrogen) atoms. The molecule has 4 rings (SSSR count). The van der Waals surface area contributed by atoms with Gasteiger partial charge < -0.3 is 10.2 Å². The van der Waals surface area contributed by atoms with E-state index in [2.05, 4.69) is 5.32 Å². The summed E-state index contributed by atoms with van der Waals surface area (Å²) >= 11 is 5.93. The second-order valence-electron chi connectivity index (χ2n) is 6.30. The van der Waals surface area contributed by atoms with Crippen molar-refractivity contribution in [2.75, 3.05) is 7.05 Å². The summed E-state index contributed by atoms with van der Waals surface area (Å²) in [5.41, 5.74) is 2.36. The van der Waals surface area contributed by atoms with Gasteiger partial charge in [0.25, 0.3) is 21.9 Å². The summed E-state index contributed by atoms with van der Waals surface area (Å²) in [7, 11) is -2.76. The van der Waals surface area contributed by atoms with Gasteiger partial charge in [-0.05, 0) is 35.4 Å². The minimum Gasteiger partial charge on any atom is -0.321 e. The van der Waals surface area contributed by atoms with Gasteiger partial charge in [0.15, 0.2) is 0 Å². The Morgan fingerprint density at radius 1 is 0.929 bits per heavy atom. The molecule has 2 aliphatic heterocycles. The van der Waals surface area contributed by atoms with E-state index in [-0.39, 0.29) is 21.9 Å². The molecule has 0 radical (unpaired) electrons. The highest BCUT2D eigenvalue weighted by molar-refractivity contribution is 7.85. The van der Waals surface area contributed by atoms with E-state index in [4.69, 9.17) is 16.2 Å². The summed E-state index contributed by atoms with van der Waals surface area (Å²) in [4.78, 5) is 26.6. The molecule has 0 aromatic heterocycles. The van der Waals surface area contributed by atoms with Crippen molar-refractivity contribution in [1.29, 1.82) is 0 Å². The van der Waals surface area contributed by atoms with Crippen LogP contribution >= 0.6 is 11.6 Å². The van der Waals surface area contributed by atoms with Crippen molar-refractivity contribution in [3.8, 4) is 0 Å². The minimum absolute atomic E-state index is 0.219. The molecule has 0 saturated heterocycles. The number of rotatable bonds is 3. The molecule has 9 heteroatoms. The summed E-state index contributed by atoms with van der Waals surface area (Å²) in [5.74, 6) is -0.779. The molecule has 0 saturated carbocycles. The lowest BCUT2D eigenvalue weighted by atomic mass is 10.0. The van der Waals surface area contributed by atoms with Gasteiger partial charge in [-0.2, -0.15) is 8.42 Å². The first-order valence-electron chi connectivity index (χ1n) is 8.10. The SMILES string of the molecule is CN1C(=O)C2=C(c3ccc(S(=O)(=O)O)cc3)NC(=O)C2=C1c1ccc(Cl)cc1. The Morgan fingerprint density at radius 2 is 1.50 bits per heavy atom. The molecule has 2 amide bonds. The zero-order valence-electron chi connectivity index (χ0n) is 14.4. The normalized spacial score (nSPS) is 16.8. The lowest BCUT2D eigenvalue weighted by molar-refractivity contribution is -0.122. The van der Waals surface area contributed by atoms with E-state index in [0.717, 1.165) is 0 Å². The maximum absolute atomic E-state index is 12.9. The Hall–Kier alpha value is -2.94. The van der Waals surface area contributed by atoms with Crippen LogP contribution in [0.25, 0.3) is 11.4 Å². The van der Waals surface area contributed by atoms with Crippen molar-refractivity contribution < 1.29 is 22.6 Å². The first-order chi connectivity index (χ1) is 13.2. The highest BCUT2D eigenvalue weighted by atomic mass is 35.5. The fourth-order valence-corrected chi connectivity index (χ4v) is 3.92. The van der Waals surface area contributed by atoms with Gasteiger partial charge in [0.1, 0.15) is 0 Å². The summed E-state index contributed by atoms with van der Waals surface area (Å²) in [6, 6.07) is 12.0. The molecule has 7 nitrogen and oxygen atoms in total. The molecule has 2 N–H and O–H groups in total. The van der Waals surface area contributed by atoms with Gasteiger partial charge in [0.05, 0.1) is 27.4 Å². The number of likely N-dealkylation sites (N-methyl/N-ethyl adjacent to an activating group) is 1. The molecule has 0 spiro atoms. The lowest BCUT2D eigenvalue weighted by Gasteiger charge is -2.16. The quantitative estimate of drug-likeness (QED) is 0.747. The summed E-state index contributed by atoms with van der Waals surface area (Å²) < 4.78 is 31.5. The average molecular weight is 417 g/mol. The molecule has 0 aliphatic carbocycles. The third kappa shape index (κ3) is 2.82. The molecule has 0 fully saturated rings. The van der Waals surface area contributed by atoms with Crippen LogP contribution in [0.5, 0.6) is 0 Å². The van der Waals surface area contributed by atoms with Crippen LogP contribution in [0.2, 0.25) is 5.02 Å². The second kappa shape index (κ2) is 6.30. The molecule has 0 bridgehead atoms. The van der Waals surface area contributed by atoms with Crippen molar-refractivity contribution in [2.45, 2.75) is 4.90 Å². The van der Waals surface area contributed by atoms with Gasteiger partial charge in [-0.1, -0.05) is 35.9 Å². The van der Waals surface area contributed by atoms with Gasteiger partial charge in [-0.25, -0.2) is 0 Å². The maximum atomic E-state index is 12.9. The number of halogens is 1. The monoisotopic (exact) mass is 416 g/mol. The zero-order chi connectivity index (χ0) is 20.2. The van der Waals surface area contributed by atoms with Crippen LogP contribution in [0.15, 0.2) is 64.6 Å². The van der Waals surface area contributed by atoms with E-state index in [1.165, 1.54) is 29.2 Å².